The zero-order valence-corrected chi connectivity index (χ0v) is 20.9. The Morgan fingerprint density at radius 3 is 1.83 bits per heavy atom. The van der Waals surface area contributed by atoms with Gasteiger partial charge < -0.3 is 28.3 Å². The van der Waals surface area contributed by atoms with Crippen LogP contribution in [0.1, 0.15) is 84.0 Å². The molecule has 0 spiro atoms. The number of hydrogen-bond acceptors (Lipinski definition) is 6. The van der Waals surface area contributed by atoms with Crippen molar-refractivity contribution in [3.8, 4) is 0 Å². The van der Waals surface area contributed by atoms with Gasteiger partial charge in [0.2, 0.25) is 0 Å². The summed E-state index contributed by atoms with van der Waals surface area (Å²) in [6, 6.07) is 0. The van der Waals surface area contributed by atoms with Crippen molar-refractivity contribution in [2.75, 3.05) is 54.1 Å². The summed E-state index contributed by atoms with van der Waals surface area (Å²) < 4.78 is 27.7. The molecule has 1 N–H and O–H groups in total. The first-order chi connectivity index (χ1) is 14.2. The Kier molecular flexibility index (Phi) is 18.5. The van der Waals surface area contributed by atoms with Crippen molar-refractivity contribution >= 4 is 7.82 Å². The van der Waals surface area contributed by atoms with Crippen LogP contribution in [0.15, 0.2) is 0 Å². The molecule has 0 saturated heterocycles. The van der Waals surface area contributed by atoms with Gasteiger partial charge in [-0.15, -0.1) is 0 Å². The van der Waals surface area contributed by atoms with Crippen LogP contribution in [0.5, 0.6) is 0 Å². The number of hydrogen-bond donors (Lipinski definition) is 1. The zero-order valence-electron chi connectivity index (χ0n) is 20.0. The molecule has 0 amide bonds. The fourth-order valence-electron chi connectivity index (χ4n) is 3.02. The third kappa shape index (κ3) is 21.2. The van der Waals surface area contributed by atoms with E-state index in [-0.39, 0.29) is 13.2 Å². The molecule has 0 aliphatic carbocycles. The molecule has 0 aliphatic heterocycles. The minimum absolute atomic E-state index is 0.0411. The van der Waals surface area contributed by atoms with Crippen LogP contribution in [0.2, 0.25) is 0 Å². The molecule has 1 unspecified atom stereocenters. The van der Waals surface area contributed by atoms with Crippen LogP contribution in [0.25, 0.3) is 0 Å². The van der Waals surface area contributed by atoms with E-state index in [0.717, 1.165) is 12.8 Å². The van der Waals surface area contributed by atoms with Gasteiger partial charge in [0.1, 0.15) is 19.3 Å². The predicted octanol–water partition coefficient (Wildman–Crippen LogP) is 4.27. The molecule has 8 heteroatoms. The molecule has 7 nitrogen and oxygen atoms in total. The number of phosphoric ester groups is 1. The average Bonchev–Trinajstić information content (AvgIpc) is 2.66. The van der Waals surface area contributed by atoms with Gasteiger partial charge in [0.25, 0.3) is 7.82 Å². The second-order valence-electron chi connectivity index (χ2n) is 9.17. The fraction of sp³-hybridized carbons (Fsp3) is 1.00. The van der Waals surface area contributed by atoms with Gasteiger partial charge in [-0.2, -0.15) is 0 Å². The van der Waals surface area contributed by atoms with E-state index in [1.54, 1.807) is 0 Å². The molecule has 0 heterocycles. The maximum atomic E-state index is 11.8. The van der Waals surface area contributed by atoms with Gasteiger partial charge in [-0.3, -0.25) is 4.57 Å². The lowest BCUT2D eigenvalue weighted by molar-refractivity contribution is -0.870. The van der Waals surface area contributed by atoms with Crippen LogP contribution in [0.3, 0.4) is 0 Å². The monoisotopic (exact) mass is 453 g/mol. The SMILES string of the molecule is CCCCCCCCCCCCCCOC[C@H](CO)OP(=O)([O-])OCC[N+](C)(C)C. The van der Waals surface area contributed by atoms with Crippen LogP contribution in [0, 0.1) is 0 Å². The van der Waals surface area contributed by atoms with Crippen LogP contribution >= 0.6 is 7.82 Å². The molecule has 0 aliphatic rings. The van der Waals surface area contributed by atoms with Gasteiger partial charge in [-0.05, 0) is 6.42 Å². The van der Waals surface area contributed by atoms with Gasteiger partial charge in [0, 0.05) is 6.61 Å². The molecule has 0 fully saturated rings. The summed E-state index contributed by atoms with van der Waals surface area (Å²) in [5, 5.41) is 9.32. The summed E-state index contributed by atoms with van der Waals surface area (Å²) >= 11 is 0. The molecular formula is C22H48NO6P. The number of unbranched alkanes of at least 4 members (excludes halogenated alkanes) is 11. The van der Waals surface area contributed by atoms with E-state index in [0.29, 0.717) is 17.6 Å². The number of ether oxygens (including phenoxy) is 1. The third-order valence-electron chi connectivity index (χ3n) is 4.94. The van der Waals surface area contributed by atoms with E-state index in [1.807, 2.05) is 21.1 Å². The Bertz CT molecular complexity index is 430. The smallest absolute Gasteiger partial charge is 0.268 e. The molecule has 0 aromatic carbocycles. The number of aliphatic hydroxyl groups excluding tert-OH is 1. The van der Waals surface area contributed by atoms with Gasteiger partial charge >= 0.3 is 0 Å². The van der Waals surface area contributed by atoms with E-state index in [1.165, 1.54) is 64.2 Å². The van der Waals surface area contributed by atoms with E-state index >= 15 is 0 Å². The largest absolute Gasteiger partial charge is 0.756 e. The van der Waals surface area contributed by atoms with Crippen molar-refractivity contribution in [1.29, 1.82) is 0 Å². The lowest BCUT2D eigenvalue weighted by atomic mass is 10.1. The lowest BCUT2D eigenvalue weighted by Gasteiger charge is -2.29. The second-order valence-corrected chi connectivity index (χ2v) is 10.5. The van der Waals surface area contributed by atoms with Crippen LogP contribution in [-0.2, 0) is 18.3 Å². The number of quaternary nitrogens is 1. The number of nitrogens with zero attached hydrogens (tertiary/aromatic N) is 1. The van der Waals surface area contributed by atoms with E-state index in [9.17, 15) is 14.6 Å². The molecule has 182 valence electrons. The summed E-state index contributed by atoms with van der Waals surface area (Å²) in [6.45, 7) is 2.99. The Balaban J connectivity index is 3.61. The highest BCUT2D eigenvalue weighted by Crippen LogP contribution is 2.39. The van der Waals surface area contributed by atoms with E-state index < -0.39 is 20.5 Å². The van der Waals surface area contributed by atoms with Crippen molar-refractivity contribution in [2.45, 2.75) is 90.1 Å². The molecule has 30 heavy (non-hydrogen) atoms. The molecule has 0 aromatic rings. The Labute approximate surface area is 185 Å². The van der Waals surface area contributed by atoms with Gasteiger partial charge in [0.05, 0.1) is 34.4 Å². The van der Waals surface area contributed by atoms with Gasteiger partial charge in [0.15, 0.2) is 0 Å². The number of rotatable bonds is 22. The summed E-state index contributed by atoms with van der Waals surface area (Å²) in [6.07, 6.45) is 14.4. The molecule has 2 atom stereocenters. The Morgan fingerprint density at radius 2 is 1.37 bits per heavy atom. The highest BCUT2D eigenvalue weighted by Gasteiger charge is 2.19. The normalized spacial score (nSPS) is 15.3. The van der Waals surface area contributed by atoms with E-state index in [2.05, 4.69) is 6.92 Å². The Morgan fingerprint density at radius 1 is 0.867 bits per heavy atom. The topological polar surface area (TPSA) is 88.0 Å². The first-order valence-corrected chi connectivity index (χ1v) is 13.3. The number of aliphatic hydroxyl groups is 1. The van der Waals surface area contributed by atoms with Crippen molar-refractivity contribution in [1.82, 2.24) is 0 Å². The summed E-state index contributed by atoms with van der Waals surface area (Å²) in [4.78, 5) is 11.8. The van der Waals surface area contributed by atoms with Crippen LogP contribution < -0.4 is 4.89 Å². The first-order valence-electron chi connectivity index (χ1n) is 11.8. The quantitative estimate of drug-likeness (QED) is 0.150. The lowest BCUT2D eigenvalue weighted by Crippen LogP contribution is -2.37. The second kappa shape index (κ2) is 18.6. The third-order valence-corrected chi connectivity index (χ3v) is 5.99. The molecular weight excluding hydrogens is 405 g/mol. The summed E-state index contributed by atoms with van der Waals surface area (Å²) in [7, 11) is 1.39. The average molecular weight is 454 g/mol. The minimum Gasteiger partial charge on any atom is -0.756 e. The summed E-state index contributed by atoms with van der Waals surface area (Å²) in [5.41, 5.74) is 0. The molecule has 0 aromatic heterocycles. The molecule has 0 bridgehead atoms. The van der Waals surface area contributed by atoms with Crippen LogP contribution in [-0.4, -0.2) is 69.8 Å². The first kappa shape index (κ1) is 30.0. The summed E-state index contributed by atoms with van der Waals surface area (Å²) in [5.74, 6) is 0. The molecule has 0 saturated carbocycles. The van der Waals surface area contributed by atoms with Crippen LogP contribution in [0.4, 0.5) is 0 Å². The highest BCUT2D eigenvalue weighted by molar-refractivity contribution is 7.45. The standard InChI is InChI=1S/C22H48NO6P/c1-5-6-7-8-9-10-11-12-13-14-15-16-18-27-21-22(20-24)29-30(25,26)28-19-17-23(2,3)4/h22,24H,5-21H2,1-4H3/t22-/m0/s1. The molecule has 0 radical (unpaired) electrons. The maximum Gasteiger partial charge on any atom is 0.268 e. The fourth-order valence-corrected chi connectivity index (χ4v) is 3.87. The van der Waals surface area contributed by atoms with Crippen molar-refractivity contribution in [3.05, 3.63) is 0 Å². The Hall–Kier alpha value is -0.0100. The van der Waals surface area contributed by atoms with Crippen molar-refractivity contribution in [3.63, 3.8) is 0 Å². The van der Waals surface area contributed by atoms with Crippen molar-refractivity contribution < 1.29 is 32.8 Å². The highest BCUT2D eigenvalue weighted by atomic mass is 31.2. The number of likely N-dealkylation sites (N-methyl/N-ethyl adjacent to an activating group) is 1. The van der Waals surface area contributed by atoms with Gasteiger partial charge in [-0.1, -0.05) is 77.6 Å². The molecule has 0 rings (SSSR count). The van der Waals surface area contributed by atoms with Crippen molar-refractivity contribution in [2.24, 2.45) is 0 Å². The maximum absolute atomic E-state index is 11.8. The predicted molar refractivity (Wildman–Crippen MR) is 120 cm³/mol. The van der Waals surface area contributed by atoms with E-state index in [4.69, 9.17) is 13.8 Å². The minimum atomic E-state index is -4.44. The van der Waals surface area contributed by atoms with Gasteiger partial charge in [-0.25, -0.2) is 0 Å². The zero-order chi connectivity index (χ0) is 22.7. The number of phosphoric acid groups is 1.